The molecule has 4 rings (SSSR count). The number of amides is 1. The Morgan fingerprint density at radius 2 is 2.00 bits per heavy atom. The number of aromatic nitrogens is 4. The number of benzene rings is 1. The van der Waals surface area contributed by atoms with Gasteiger partial charge in [-0.1, -0.05) is 31.7 Å². The molecule has 0 unspecified atom stereocenters. The predicted octanol–water partition coefficient (Wildman–Crippen LogP) is 3.13. The largest absolute Gasteiger partial charge is 0.497 e. The quantitative estimate of drug-likeness (QED) is 0.357. The standard InChI is InChI=1S/C23H30N6O3S/c1-16(2)33-23-26-21(28-10-4-5-11-28)19-14-25-29(22(19)27-23)12-9-24-20(30)15-32-18-8-6-7-17(13-18)31-3/h6-8,13-14,16H,4-5,9-12,15H2,1-3H3,(H,24,30). The van der Waals surface area contributed by atoms with Crippen LogP contribution in [-0.2, 0) is 11.3 Å². The highest BCUT2D eigenvalue weighted by molar-refractivity contribution is 7.99. The van der Waals surface area contributed by atoms with Crippen LogP contribution in [0.2, 0.25) is 0 Å². The molecule has 1 amide bonds. The molecule has 1 N–H and O–H groups in total. The Kier molecular flexibility index (Phi) is 7.54. The number of hydrogen-bond acceptors (Lipinski definition) is 8. The molecular formula is C23H30N6O3S. The minimum atomic E-state index is -0.197. The molecule has 3 aromatic rings. The summed E-state index contributed by atoms with van der Waals surface area (Å²) < 4.78 is 12.6. The summed E-state index contributed by atoms with van der Waals surface area (Å²) in [5.74, 6) is 2.04. The monoisotopic (exact) mass is 470 g/mol. The van der Waals surface area contributed by atoms with Crippen LogP contribution in [0, 0.1) is 0 Å². The van der Waals surface area contributed by atoms with Crippen LogP contribution in [0.15, 0.2) is 35.6 Å². The van der Waals surface area contributed by atoms with E-state index in [1.807, 2.05) is 23.0 Å². The van der Waals surface area contributed by atoms with Crippen molar-refractivity contribution in [1.82, 2.24) is 25.1 Å². The van der Waals surface area contributed by atoms with Crippen LogP contribution in [0.1, 0.15) is 26.7 Å². The molecule has 0 atom stereocenters. The van der Waals surface area contributed by atoms with Crippen LogP contribution in [0.3, 0.4) is 0 Å². The van der Waals surface area contributed by atoms with E-state index in [1.54, 1.807) is 31.0 Å². The Bertz CT molecular complexity index is 1100. The fraction of sp³-hybridized carbons (Fsp3) is 0.478. The lowest BCUT2D eigenvalue weighted by Gasteiger charge is -2.18. The third-order valence-electron chi connectivity index (χ3n) is 5.26. The zero-order valence-corrected chi connectivity index (χ0v) is 20.1. The van der Waals surface area contributed by atoms with E-state index in [1.165, 1.54) is 12.8 Å². The second-order valence-corrected chi connectivity index (χ2v) is 9.66. The average Bonchev–Trinajstić information content (AvgIpc) is 3.48. The highest BCUT2D eigenvalue weighted by Crippen LogP contribution is 2.30. The number of anilines is 1. The molecule has 0 aliphatic carbocycles. The molecule has 0 spiro atoms. The molecule has 1 fully saturated rings. The van der Waals surface area contributed by atoms with Crippen molar-refractivity contribution >= 4 is 34.5 Å². The number of rotatable bonds is 10. The normalized spacial score (nSPS) is 13.6. The van der Waals surface area contributed by atoms with Crippen molar-refractivity contribution < 1.29 is 14.3 Å². The fourth-order valence-electron chi connectivity index (χ4n) is 3.71. The highest BCUT2D eigenvalue weighted by atomic mass is 32.2. The number of methoxy groups -OCH3 is 1. The van der Waals surface area contributed by atoms with Crippen molar-refractivity contribution in [2.75, 3.05) is 38.3 Å². The number of ether oxygens (including phenoxy) is 2. The maximum Gasteiger partial charge on any atom is 0.258 e. The van der Waals surface area contributed by atoms with Crippen molar-refractivity contribution in [1.29, 1.82) is 0 Å². The van der Waals surface area contributed by atoms with Gasteiger partial charge >= 0.3 is 0 Å². The van der Waals surface area contributed by atoms with Crippen molar-refractivity contribution in [2.24, 2.45) is 0 Å². The van der Waals surface area contributed by atoms with Gasteiger partial charge in [0, 0.05) is 31.0 Å². The van der Waals surface area contributed by atoms with Crippen LogP contribution < -0.4 is 19.7 Å². The van der Waals surface area contributed by atoms with Gasteiger partial charge in [0.15, 0.2) is 17.4 Å². The van der Waals surface area contributed by atoms with Gasteiger partial charge in [-0.3, -0.25) is 4.79 Å². The van der Waals surface area contributed by atoms with E-state index in [-0.39, 0.29) is 12.5 Å². The third kappa shape index (κ3) is 5.87. The lowest BCUT2D eigenvalue weighted by atomic mass is 10.3. The molecular weight excluding hydrogens is 440 g/mol. The summed E-state index contributed by atoms with van der Waals surface area (Å²) in [6.45, 7) is 7.15. The van der Waals surface area contributed by atoms with Gasteiger partial charge in [-0.05, 0) is 25.0 Å². The van der Waals surface area contributed by atoms with Gasteiger partial charge in [0.05, 0.1) is 25.2 Å². The number of nitrogens with zero attached hydrogens (tertiary/aromatic N) is 5. The fourth-order valence-corrected chi connectivity index (χ4v) is 4.41. The van der Waals surface area contributed by atoms with Crippen molar-refractivity contribution in [3.05, 3.63) is 30.5 Å². The molecule has 33 heavy (non-hydrogen) atoms. The van der Waals surface area contributed by atoms with Crippen LogP contribution in [0.25, 0.3) is 11.0 Å². The summed E-state index contributed by atoms with van der Waals surface area (Å²) in [5, 5.41) is 9.53. The summed E-state index contributed by atoms with van der Waals surface area (Å²) in [7, 11) is 1.59. The van der Waals surface area contributed by atoms with E-state index in [0.29, 0.717) is 29.8 Å². The minimum absolute atomic E-state index is 0.0660. The molecule has 0 bridgehead atoms. The van der Waals surface area contributed by atoms with E-state index in [9.17, 15) is 4.79 Å². The predicted molar refractivity (Wildman–Crippen MR) is 129 cm³/mol. The van der Waals surface area contributed by atoms with Gasteiger partial charge in [0.1, 0.15) is 17.3 Å². The Hall–Kier alpha value is -3.01. The van der Waals surface area contributed by atoms with E-state index in [0.717, 1.165) is 35.1 Å². The van der Waals surface area contributed by atoms with Crippen molar-refractivity contribution in [3.8, 4) is 11.5 Å². The Balaban J connectivity index is 1.39. The summed E-state index contributed by atoms with van der Waals surface area (Å²) in [6.07, 6.45) is 4.19. The van der Waals surface area contributed by atoms with Crippen molar-refractivity contribution in [2.45, 2.75) is 43.6 Å². The average molecular weight is 471 g/mol. The molecule has 2 aromatic heterocycles. The molecule has 1 aromatic carbocycles. The molecule has 1 aliphatic rings. The van der Waals surface area contributed by atoms with Crippen LogP contribution in [0.4, 0.5) is 5.82 Å². The Morgan fingerprint density at radius 3 is 2.76 bits per heavy atom. The first-order chi connectivity index (χ1) is 16.0. The van der Waals surface area contributed by atoms with E-state index >= 15 is 0 Å². The molecule has 0 radical (unpaired) electrons. The first-order valence-corrected chi connectivity index (χ1v) is 12.1. The molecule has 10 heteroatoms. The van der Waals surface area contributed by atoms with E-state index in [4.69, 9.17) is 19.4 Å². The topological polar surface area (TPSA) is 94.4 Å². The molecule has 176 valence electrons. The van der Waals surface area contributed by atoms with Gasteiger partial charge in [-0.2, -0.15) is 5.10 Å². The molecule has 9 nitrogen and oxygen atoms in total. The lowest BCUT2D eigenvalue weighted by Crippen LogP contribution is -2.31. The van der Waals surface area contributed by atoms with Gasteiger partial charge in [0.25, 0.3) is 5.91 Å². The number of nitrogens with one attached hydrogen (secondary N) is 1. The number of fused-ring (bicyclic) bond motifs is 1. The SMILES string of the molecule is COc1cccc(OCC(=O)NCCn2ncc3c(N4CCCC4)nc(SC(C)C)nc32)c1. The van der Waals surface area contributed by atoms with Gasteiger partial charge in [-0.15, -0.1) is 0 Å². The summed E-state index contributed by atoms with van der Waals surface area (Å²) in [4.78, 5) is 24.2. The van der Waals surface area contributed by atoms with Crippen LogP contribution in [-0.4, -0.2) is 64.3 Å². The Morgan fingerprint density at radius 1 is 1.21 bits per heavy atom. The minimum Gasteiger partial charge on any atom is -0.497 e. The van der Waals surface area contributed by atoms with Crippen molar-refractivity contribution in [3.63, 3.8) is 0 Å². The smallest absolute Gasteiger partial charge is 0.258 e. The van der Waals surface area contributed by atoms with Gasteiger partial charge in [0.2, 0.25) is 0 Å². The van der Waals surface area contributed by atoms with E-state index in [2.05, 4.69) is 29.2 Å². The second-order valence-electron chi connectivity index (χ2n) is 8.11. The Labute approximate surface area is 197 Å². The summed E-state index contributed by atoms with van der Waals surface area (Å²) in [5.41, 5.74) is 0.803. The first kappa shape index (κ1) is 23.2. The van der Waals surface area contributed by atoms with Gasteiger partial charge in [-0.25, -0.2) is 14.6 Å². The lowest BCUT2D eigenvalue weighted by molar-refractivity contribution is -0.123. The number of thioether (sulfide) groups is 1. The first-order valence-electron chi connectivity index (χ1n) is 11.2. The number of carbonyl (C=O) groups is 1. The molecule has 0 saturated carbocycles. The van der Waals surface area contributed by atoms with Gasteiger partial charge < -0.3 is 19.7 Å². The number of hydrogen-bond donors (Lipinski definition) is 1. The zero-order chi connectivity index (χ0) is 23.2. The maximum atomic E-state index is 12.2. The number of carbonyl (C=O) groups excluding carboxylic acids is 1. The third-order valence-corrected chi connectivity index (χ3v) is 6.12. The maximum absolute atomic E-state index is 12.2. The van der Waals surface area contributed by atoms with Crippen LogP contribution >= 0.6 is 11.8 Å². The zero-order valence-electron chi connectivity index (χ0n) is 19.3. The molecule has 3 heterocycles. The highest BCUT2D eigenvalue weighted by Gasteiger charge is 2.21. The second kappa shape index (κ2) is 10.7. The molecule has 1 saturated heterocycles. The van der Waals surface area contributed by atoms with Crippen LogP contribution in [0.5, 0.6) is 11.5 Å². The summed E-state index contributed by atoms with van der Waals surface area (Å²) >= 11 is 1.65. The van der Waals surface area contributed by atoms with E-state index < -0.39 is 0 Å². The summed E-state index contributed by atoms with van der Waals surface area (Å²) in [6, 6.07) is 7.17. The molecule has 1 aliphatic heterocycles.